The van der Waals surface area contributed by atoms with E-state index in [4.69, 9.17) is 4.74 Å². The van der Waals surface area contributed by atoms with Crippen LogP contribution in [0.2, 0.25) is 0 Å². The molecule has 0 amide bonds. The van der Waals surface area contributed by atoms with E-state index < -0.39 is 0 Å². The molecule has 0 heterocycles. The van der Waals surface area contributed by atoms with Gasteiger partial charge in [0.1, 0.15) is 0 Å². The zero-order valence-electron chi connectivity index (χ0n) is 12.0. The summed E-state index contributed by atoms with van der Waals surface area (Å²) in [6, 6.07) is 0.706. The molecule has 1 saturated carbocycles. The van der Waals surface area contributed by atoms with Crippen LogP contribution in [0.1, 0.15) is 72.1 Å². The van der Waals surface area contributed by atoms with Gasteiger partial charge in [-0.2, -0.15) is 0 Å². The Balaban J connectivity index is 2.04. The topological polar surface area (TPSA) is 21.3 Å². The fourth-order valence-corrected chi connectivity index (χ4v) is 2.79. The largest absolute Gasteiger partial charge is 0.375 e. The van der Waals surface area contributed by atoms with Crippen LogP contribution in [0.15, 0.2) is 0 Å². The molecule has 0 aliphatic heterocycles. The Morgan fingerprint density at radius 2 is 2.00 bits per heavy atom. The Kier molecular flexibility index (Phi) is 7.87. The maximum atomic E-state index is 6.13. The molecule has 0 aromatic carbocycles. The highest BCUT2D eigenvalue weighted by Gasteiger charge is 2.25. The van der Waals surface area contributed by atoms with E-state index in [0.29, 0.717) is 18.2 Å². The van der Waals surface area contributed by atoms with Gasteiger partial charge in [0.15, 0.2) is 0 Å². The molecule has 0 spiro atoms. The first-order valence-electron chi connectivity index (χ1n) is 7.65. The number of ether oxygens (including phenoxy) is 1. The number of nitrogens with one attached hydrogen (secondary N) is 1. The fraction of sp³-hybridized carbons (Fsp3) is 1.00. The second kappa shape index (κ2) is 8.93. The molecule has 1 fully saturated rings. The quantitative estimate of drug-likeness (QED) is 0.618. The van der Waals surface area contributed by atoms with E-state index in [1.807, 2.05) is 0 Å². The van der Waals surface area contributed by atoms with Gasteiger partial charge >= 0.3 is 0 Å². The zero-order chi connectivity index (χ0) is 12.5. The lowest BCUT2D eigenvalue weighted by Crippen LogP contribution is -2.27. The smallest absolute Gasteiger partial charge is 0.0594 e. The molecule has 17 heavy (non-hydrogen) atoms. The number of unbranched alkanes of at least 4 members (excludes halogenated alkanes) is 3. The maximum Gasteiger partial charge on any atom is 0.0594 e. The number of rotatable bonds is 9. The zero-order valence-corrected chi connectivity index (χ0v) is 12.0. The number of hydrogen-bond donors (Lipinski definition) is 1. The first kappa shape index (κ1) is 15.0. The van der Waals surface area contributed by atoms with Crippen molar-refractivity contribution in [3.63, 3.8) is 0 Å². The highest BCUT2D eigenvalue weighted by atomic mass is 16.5. The third kappa shape index (κ3) is 6.42. The van der Waals surface area contributed by atoms with Crippen molar-refractivity contribution >= 4 is 0 Å². The predicted octanol–water partition coefficient (Wildman–Crippen LogP) is 3.89. The van der Waals surface area contributed by atoms with Crippen LogP contribution in [0.25, 0.3) is 0 Å². The summed E-state index contributed by atoms with van der Waals surface area (Å²) in [7, 11) is 0. The van der Waals surface area contributed by atoms with Crippen LogP contribution in [0.5, 0.6) is 0 Å². The molecule has 0 radical (unpaired) electrons. The summed E-state index contributed by atoms with van der Waals surface area (Å²) < 4.78 is 6.13. The van der Waals surface area contributed by atoms with Crippen molar-refractivity contribution in [1.82, 2.24) is 5.32 Å². The van der Waals surface area contributed by atoms with Crippen molar-refractivity contribution in [1.29, 1.82) is 0 Å². The van der Waals surface area contributed by atoms with Crippen LogP contribution < -0.4 is 5.32 Å². The average molecular weight is 241 g/mol. The van der Waals surface area contributed by atoms with E-state index >= 15 is 0 Å². The molecule has 0 aromatic heterocycles. The van der Waals surface area contributed by atoms with Crippen LogP contribution >= 0.6 is 0 Å². The standard InChI is InChI=1S/C15H31NO/c1-4-6-7-8-9-13(3)17-15-11-10-14(12-15)16-5-2/h13-16H,4-12H2,1-3H3. The molecule has 1 rings (SSSR count). The van der Waals surface area contributed by atoms with Gasteiger partial charge in [0, 0.05) is 6.04 Å². The first-order chi connectivity index (χ1) is 8.26. The summed E-state index contributed by atoms with van der Waals surface area (Å²) in [5.41, 5.74) is 0. The Bertz CT molecular complexity index is 184. The van der Waals surface area contributed by atoms with Crippen molar-refractivity contribution in [3.05, 3.63) is 0 Å². The molecule has 1 N–H and O–H groups in total. The molecule has 2 nitrogen and oxygen atoms in total. The Morgan fingerprint density at radius 1 is 1.18 bits per heavy atom. The van der Waals surface area contributed by atoms with Crippen molar-refractivity contribution in [2.45, 2.75) is 90.4 Å². The Labute approximate surface area is 108 Å². The minimum atomic E-state index is 0.456. The van der Waals surface area contributed by atoms with Gasteiger partial charge in [0.2, 0.25) is 0 Å². The SMILES string of the molecule is CCCCCCC(C)OC1CCC(NCC)C1. The molecule has 1 aliphatic carbocycles. The third-order valence-electron chi connectivity index (χ3n) is 3.77. The lowest BCUT2D eigenvalue weighted by molar-refractivity contribution is -0.00401. The predicted molar refractivity (Wildman–Crippen MR) is 74.4 cm³/mol. The van der Waals surface area contributed by atoms with Crippen molar-refractivity contribution < 1.29 is 4.74 Å². The summed E-state index contributed by atoms with van der Waals surface area (Å²) in [6.45, 7) is 7.78. The molecule has 1 aliphatic rings. The molecule has 3 unspecified atom stereocenters. The van der Waals surface area contributed by atoms with Gasteiger partial charge in [-0.05, 0) is 39.2 Å². The molecular formula is C15H31NO. The minimum Gasteiger partial charge on any atom is -0.375 e. The van der Waals surface area contributed by atoms with Gasteiger partial charge in [0.05, 0.1) is 12.2 Å². The van der Waals surface area contributed by atoms with Gasteiger partial charge in [0.25, 0.3) is 0 Å². The Morgan fingerprint density at radius 3 is 2.71 bits per heavy atom. The van der Waals surface area contributed by atoms with E-state index in [-0.39, 0.29) is 0 Å². The van der Waals surface area contributed by atoms with Crippen molar-refractivity contribution in [2.24, 2.45) is 0 Å². The van der Waals surface area contributed by atoms with Crippen LogP contribution in [0.3, 0.4) is 0 Å². The van der Waals surface area contributed by atoms with Crippen LogP contribution in [-0.4, -0.2) is 24.8 Å². The van der Waals surface area contributed by atoms with Crippen LogP contribution in [-0.2, 0) is 4.74 Å². The van der Waals surface area contributed by atoms with Gasteiger partial charge in [-0.3, -0.25) is 0 Å². The van der Waals surface area contributed by atoms with E-state index in [1.54, 1.807) is 0 Å². The summed E-state index contributed by atoms with van der Waals surface area (Å²) in [6.07, 6.45) is 11.4. The lowest BCUT2D eigenvalue weighted by Gasteiger charge is -2.19. The lowest BCUT2D eigenvalue weighted by atomic mass is 10.1. The maximum absolute atomic E-state index is 6.13. The first-order valence-corrected chi connectivity index (χ1v) is 7.65. The van der Waals surface area contributed by atoms with Crippen LogP contribution in [0.4, 0.5) is 0 Å². The minimum absolute atomic E-state index is 0.456. The summed E-state index contributed by atoms with van der Waals surface area (Å²) >= 11 is 0. The molecule has 0 saturated heterocycles. The van der Waals surface area contributed by atoms with Gasteiger partial charge in [-0.15, -0.1) is 0 Å². The summed E-state index contributed by atoms with van der Waals surface area (Å²) in [5.74, 6) is 0. The van der Waals surface area contributed by atoms with E-state index in [2.05, 4.69) is 26.1 Å². The average Bonchev–Trinajstić information content (AvgIpc) is 2.73. The highest BCUT2D eigenvalue weighted by molar-refractivity contribution is 4.81. The third-order valence-corrected chi connectivity index (χ3v) is 3.77. The van der Waals surface area contributed by atoms with E-state index in [9.17, 15) is 0 Å². The number of hydrogen-bond acceptors (Lipinski definition) is 2. The molecule has 2 heteroatoms. The molecular weight excluding hydrogens is 210 g/mol. The van der Waals surface area contributed by atoms with Gasteiger partial charge in [-0.1, -0.05) is 39.5 Å². The van der Waals surface area contributed by atoms with Gasteiger partial charge < -0.3 is 10.1 Å². The monoisotopic (exact) mass is 241 g/mol. The van der Waals surface area contributed by atoms with Crippen molar-refractivity contribution in [3.8, 4) is 0 Å². The normalized spacial score (nSPS) is 26.3. The Hall–Kier alpha value is -0.0800. The molecule has 0 bridgehead atoms. The van der Waals surface area contributed by atoms with E-state index in [1.165, 1.54) is 51.4 Å². The molecule has 102 valence electrons. The second-order valence-corrected chi connectivity index (χ2v) is 5.49. The van der Waals surface area contributed by atoms with Gasteiger partial charge in [-0.25, -0.2) is 0 Å². The molecule has 0 aromatic rings. The summed E-state index contributed by atoms with van der Waals surface area (Å²) in [4.78, 5) is 0. The summed E-state index contributed by atoms with van der Waals surface area (Å²) in [5, 5.41) is 3.53. The fourth-order valence-electron chi connectivity index (χ4n) is 2.79. The second-order valence-electron chi connectivity index (χ2n) is 5.49. The van der Waals surface area contributed by atoms with Crippen molar-refractivity contribution in [2.75, 3.05) is 6.54 Å². The van der Waals surface area contributed by atoms with E-state index in [0.717, 1.165) is 6.54 Å². The van der Waals surface area contributed by atoms with Crippen LogP contribution in [0, 0.1) is 0 Å². The molecule has 3 atom stereocenters. The highest BCUT2D eigenvalue weighted by Crippen LogP contribution is 2.24.